The van der Waals surface area contributed by atoms with Crippen molar-refractivity contribution >= 4 is 33.2 Å². The molecule has 0 spiro atoms. The number of sulfonamides is 1. The number of ketones is 2. The first-order chi connectivity index (χ1) is 15.2. The smallest absolute Gasteiger partial charge is 0.243 e. The number of carbonyl (C=O) groups excluding carboxylic acids is 3. The summed E-state index contributed by atoms with van der Waals surface area (Å²) in [5.74, 6) is 0.140. The van der Waals surface area contributed by atoms with Crippen LogP contribution in [-0.2, 0) is 32.5 Å². The molecule has 2 aliphatic rings. The molecule has 1 saturated heterocycles. The van der Waals surface area contributed by atoms with E-state index in [0.29, 0.717) is 56.4 Å². The molecule has 0 aromatic heterocycles. The molecule has 0 atom stereocenters. The number of rotatable bonds is 6. The number of fused-ring (bicyclic) bond motifs is 1. The number of hydrogen-bond donors (Lipinski definition) is 1. The molecule has 1 N–H and O–H groups in total. The highest BCUT2D eigenvalue weighted by atomic mass is 32.2. The average molecular weight is 455 g/mol. The number of amides is 1. The maximum absolute atomic E-state index is 13.0. The Balaban J connectivity index is 1.34. The Morgan fingerprint density at radius 3 is 2.31 bits per heavy atom. The van der Waals surface area contributed by atoms with Crippen LogP contribution in [0.2, 0.25) is 0 Å². The first-order valence-corrected chi connectivity index (χ1v) is 12.2. The van der Waals surface area contributed by atoms with Crippen molar-refractivity contribution in [2.24, 2.45) is 5.92 Å². The van der Waals surface area contributed by atoms with Crippen LogP contribution in [0.4, 0.5) is 5.69 Å². The van der Waals surface area contributed by atoms with Crippen LogP contribution < -0.4 is 5.32 Å². The van der Waals surface area contributed by atoms with E-state index in [1.54, 1.807) is 18.2 Å². The molecule has 1 fully saturated rings. The number of benzene rings is 2. The molecule has 1 aliphatic carbocycles. The fourth-order valence-corrected chi connectivity index (χ4v) is 5.89. The Morgan fingerprint density at radius 2 is 1.66 bits per heavy atom. The van der Waals surface area contributed by atoms with Gasteiger partial charge in [0.25, 0.3) is 0 Å². The first-order valence-electron chi connectivity index (χ1n) is 10.8. The minimum absolute atomic E-state index is 0.0435. The number of carbonyl (C=O) groups is 3. The fraction of sp³-hybridized carbons (Fsp3) is 0.375. The average Bonchev–Trinajstić information content (AvgIpc) is 3.13. The Kier molecular flexibility index (Phi) is 6.26. The highest BCUT2D eigenvalue weighted by Crippen LogP contribution is 2.28. The zero-order valence-electron chi connectivity index (χ0n) is 18.0. The van der Waals surface area contributed by atoms with Crippen molar-refractivity contribution in [3.8, 4) is 0 Å². The minimum atomic E-state index is -3.62. The van der Waals surface area contributed by atoms with Crippen LogP contribution in [0.1, 0.15) is 47.7 Å². The molecule has 1 heterocycles. The van der Waals surface area contributed by atoms with Crippen LogP contribution in [0.3, 0.4) is 0 Å². The van der Waals surface area contributed by atoms with Gasteiger partial charge in [-0.05, 0) is 60.2 Å². The molecule has 0 radical (unpaired) electrons. The van der Waals surface area contributed by atoms with Gasteiger partial charge in [-0.15, -0.1) is 0 Å². The van der Waals surface area contributed by atoms with Gasteiger partial charge in [-0.2, -0.15) is 4.31 Å². The molecule has 32 heavy (non-hydrogen) atoms. The molecule has 2 aromatic rings. The quantitative estimate of drug-likeness (QED) is 0.677. The first kappa shape index (κ1) is 22.4. The molecular formula is C24H26N2O5S. The summed E-state index contributed by atoms with van der Waals surface area (Å²) in [5.41, 5.74) is 3.14. The van der Waals surface area contributed by atoms with E-state index >= 15 is 0 Å². The SMILES string of the molecule is CC(=O)Nc1ccc(S(=O)(=O)N2CCC(CC(=O)c3ccc4c(c3)CC(=O)C4)CC2)cc1. The van der Waals surface area contributed by atoms with Crippen molar-refractivity contribution in [3.63, 3.8) is 0 Å². The second-order valence-corrected chi connectivity index (χ2v) is 10.5. The maximum Gasteiger partial charge on any atom is 0.243 e. The van der Waals surface area contributed by atoms with E-state index in [9.17, 15) is 22.8 Å². The highest BCUT2D eigenvalue weighted by Gasteiger charge is 2.30. The van der Waals surface area contributed by atoms with E-state index in [4.69, 9.17) is 0 Å². The number of anilines is 1. The summed E-state index contributed by atoms with van der Waals surface area (Å²) in [6, 6.07) is 11.6. The second-order valence-electron chi connectivity index (χ2n) is 8.56. The van der Waals surface area contributed by atoms with Crippen LogP contribution in [-0.4, -0.2) is 43.3 Å². The molecule has 1 amide bonds. The Morgan fingerprint density at radius 1 is 1.00 bits per heavy atom. The largest absolute Gasteiger partial charge is 0.326 e. The molecular weight excluding hydrogens is 428 g/mol. The van der Waals surface area contributed by atoms with Crippen molar-refractivity contribution in [1.29, 1.82) is 0 Å². The lowest BCUT2D eigenvalue weighted by atomic mass is 9.90. The van der Waals surface area contributed by atoms with Crippen molar-refractivity contribution in [2.45, 2.75) is 43.9 Å². The lowest BCUT2D eigenvalue weighted by Gasteiger charge is -2.31. The molecule has 2 aromatic carbocycles. The Labute approximate surface area is 187 Å². The third-order valence-electron chi connectivity index (χ3n) is 6.16. The molecule has 4 rings (SSSR count). The maximum atomic E-state index is 13.0. The van der Waals surface area contributed by atoms with Crippen molar-refractivity contribution in [2.75, 3.05) is 18.4 Å². The fourth-order valence-electron chi connectivity index (χ4n) is 4.42. The van der Waals surface area contributed by atoms with E-state index < -0.39 is 10.0 Å². The Bertz CT molecular complexity index is 1160. The summed E-state index contributed by atoms with van der Waals surface area (Å²) < 4.78 is 27.4. The van der Waals surface area contributed by atoms with Crippen LogP contribution in [0, 0.1) is 5.92 Å². The summed E-state index contributed by atoms with van der Waals surface area (Å²) in [5, 5.41) is 2.62. The minimum Gasteiger partial charge on any atom is -0.326 e. The second kappa shape index (κ2) is 8.96. The Hall–Kier alpha value is -2.84. The van der Waals surface area contributed by atoms with Crippen molar-refractivity contribution < 1.29 is 22.8 Å². The van der Waals surface area contributed by atoms with E-state index in [0.717, 1.165) is 11.1 Å². The molecule has 0 unspecified atom stereocenters. The topological polar surface area (TPSA) is 101 Å². The molecule has 7 nitrogen and oxygen atoms in total. The van der Waals surface area contributed by atoms with E-state index in [-0.39, 0.29) is 28.3 Å². The van der Waals surface area contributed by atoms with Crippen molar-refractivity contribution in [1.82, 2.24) is 4.31 Å². The zero-order chi connectivity index (χ0) is 22.9. The number of hydrogen-bond acceptors (Lipinski definition) is 5. The number of nitrogens with one attached hydrogen (secondary N) is 1. The number of piperidine rings is 1. The highest BCUT2D eigenvalue weighted by molar-refractivity contribution is 7.89. The third kappa shape index (κ3) is 4.81. The molecule has 0 bridgehead atoms. The van der Waals surface area contributed by atoms with Crippen LogP contribution >= 0.6 is 0 Å². The van der Waals surface area contributed by atoms with Crippen LogP contribution in [0.5, 0.6) is 0 Å². The predicted molar refractivity (Wildman–Crippen MR) is 120 cm³/mol. The summed E-state index contributed by atoms with van der Waals surface area (Å²) in [6.45, 7) is 2.13. The third-order valence-corrected chi connectivity index (χ3v) is 8.08. The lowest BCUT2D eigenvalue weighted by Crippen LogP contribution is -2.38. The van der Waals surface area contributed by atoms with Gasteiger partial charge in [0, 0.05) is 50.5 Å². The van der Waals surface area contributed by atoms with E-state index in [1.165, 1.54) is 23.4 Å². The number of Topliss-reactive ketones (excluding diaryl/α,β-unsaturated/α-hetero) is 2. The lowest BCUT2D eigenvalue weighted by molar-refractivity contribution is -0.117. The summed E-state index contributed by atoms with van der Waals surface area (Å²) in [6.07, 6.45) is 2.48. The van der Waals surface area contributed by atoms with Gasteiger partial charge in [0.15, 0.2) is 5.78 Å². The van der Waals surface area contributed by atoms with Gasteiger partial charge in [0.2, 0.25) is 15.9 Å². The van der Waals surface area contributed by atoms with E-state index in [1.807, 2.05) is 12.1 Å². The van der Waals surface area contributed by atoms with Gasteiger partial charge in [-0.25, -0.2) is 8.42 Å². The molecule has 0 saturated carbocycles. The predicted octanol–water partition coefficient (Wildman–Crippen LogP) is 2.99. The van der Waals surface area contributed by atoms with Gasteiger partial charge in [0.1, 0.15) is 5.78 Å². The van der Waals surface area contributed by atoms with Gasteiger partial charge in [0.05, 0.1) is 4.90 Å². The van der Waals surface area contributed by atoms with Crippen LogP contribution in [0.25, 0.3) is 0 Å². The normalized spacial score (nSPS) is 17.2. The van der Waals surface area contributed by atoms with Gasteiger partial charge < -0.3 is 5.32 Å². The number of nitrogens with zero attached hydrogens (tertiary/aromatic N) is 1. The molecule has 1 aliphatic heterocycles. The van der Waals surface area contributed by atoms with Gasteiger partial charge in [-0.1, -0.05) is 12.1 Å². The summed E-state index contributed by atoms with van der Waals surface area (Å²) in [7, 11) is -3.62. The van der Waals surface area contributed by atoms with Gasteiger partial charge >= 0.3 is 0 Å². The van der Waals surface area contributed by atoms with Crippen molar-refractivity contribution in [3.05, 3.63) is 59.2 Å². The monoisotopic (exact) mass is 454 g/mol. The zero-order valence-corrected chi connectivity index (χ0v) is 18.8. The van der Waals surface area contributed by atoms with Crippen LogP contribution in [0.15, 0.2) is 47.4 Å². The van der Waals surface area contributed by atoms with Gasteiger partial charge in [-0.3, -0.25) is 14.4 Å². The standard InChI is InChI=1S/C24H26N2O5S/c1-16(27)25-21-4-6-23(7-5-21)32(30,31)26-10-8-17(9-11-26)12-24(29)19-3-2-18-14-22(28)15-20(18)13-19/h2-7,13,17H,8-12,14-15H2,1H3,(H,25,27). The molecule has 8 heteroatoms. The summed E-state index contributed by atoms with van der Waals surface area (Å²) >= 11 is 0. The van der Waals surface area contributed by atoms with E-state index in [2.05, 4.69) is 5.32 Å². The molecule has 168 valence electrons. The summed E-state index contributed by atoms with van der Waals surface area (Å²) in [4.78, 5) is 35.7.